The Morgan fingerprint density at radius 2 is 1.12 bits per heavy atom. The number of nitrogens with two attached hydrogens (primary N) is 2. The van der Waals surface area contributed by atoms with Crippen LogP contribution in [0.15, 0.2) is 37.2 Å². The number of rotatable bonds is 9. The summed E-state index contributed by atoms with van der Waals surface area (Å²) in [7, 11) is 0. The van der Waals surface area contributed by atoms with Crippen molar-refractivity contribution in [2.75, 3.05) is 38.1 Å². The maximum Gasteiger partial charge on any atom is 0.231 e. The van der Waals surface area contributed by atoms with E-state index in [1.54, 1.807) is 22.4 Å². The first-order chi connectivity index (χ1) is 33.1. The van der Waals surface area contributed by atoms with Crippen molar-refractivity contribution in [2.24, 2.45) is 35.1 Å². The van der Waals surface area contributed by atoms with Gasteiger partial charge in [-0.2, -0.15) is 10.2 Å². The molecule has 2 aliphatic heterocycles. The van der Waals surface area contributed by atoms with Gasteiger partial charge in [0.1, 0.15) is 22.3 Å². The molecule has 2 saturated heterocycles. The summed E-state index contributed by atoms with van der Waals surface area (Å²) >= 11 is 6.79. The van der Waals surface area contributed by atoms with E-state index in [1.807, 2.05) is 31.7 Å². The molecule has 0 aromatic carbocycles. The minimum atomic E-state index is -0.329. The van der Waals surface area contributed by atoms with E-state index < -0.39 is 0 Å². The summed E-state index contributed by atoms with van der Waals surface area (Å²) in [5.74, 6) is 4.80. The quantitative estimate of drug-likeness (QED) is 0.0882. The molecule has 364 valence electrons. The Hall–Kier alpha value is -4.94. The van der Waals surface area contributed by atoms with Gasteiger partial charge in [-0.05, 0) is 159 Å². The summed E-state index contributed by atoms with van der Waals surface area (Å²) in [5.41, 5.74) is 24.8. The molecule has 0 bridgehead atoms. The number of H-pyrrole nitrogens is 2. The molecule has 14 nitrogen and oxygen atoms in total. The van der Waals surface area contributed by atoms with Gasteiger partial charge in [-0.15, -0.1) is 22.7 Å². The smallest absolute Gasteiger partial charge is 0.231 e. The van der Waals surface area contributed by atoms with E-state index in [9.17, 15) is 9.59 Å². The van der Waals surface area contributed by atoms with Crippen LogP contribution in [0.25, 0.3) is 54.2 Å². The molecule has 2 amide bonds. The lowest BCUT2D eigenvalue weighted by atomic mass is 9.93. The minimum Gasteiger partial charge on any atom is -0.369 e. The monoisotopic (exact) mass is 1030 g/mol. The van der Waals surface area contributed by atoms with Crippen LogP contribution in [0.2, 0.25) is 0 Å². The molecular formula is C52H65BrN12O2S2. The van der Waals surface area contributed by atoms with Gasteiger partial charge in [0.2, 0.25) is 11.8 Å². The van der Waals surface area contributed by atoms with Crippen LogP contribution in [0, 0.1) is 51.4 Å². The molecule has 0 radical (unpaired) electrons. The number of hydrogen-bond donors (Lipinski definition) is 5. The molecule has 7 N–H and O–H groups in total. The van der Waals surface area contributed by atoms with E-state index in [1.165, 1.54) is 98.4 Å². The van der Waals surface area contributed by atoms with Crippen molar-refractivity contribution in [1.29, 1.82) is 0 Å². The largest absolute Gasteiger partial charge is 0.369 e. The number of fused-ring (bicyclic) bond motifs is 6. The summed E-state index contributed by atoms with van der Waals surface area (Å²) < 4.78 is 3.77. The second-order valence-electron chi connectivity index (χ2n) is 20.9. The van der Waals surface area contributed by atoms with E-state index in [0.717, 1.165) is 58.8 Å². The number of likely N-dealkylation sites (tertiary alicyclic amines) is 1. The van der Waals surface area contributed by atoms with Gasteiger partial charge in [-0.3, -0.25) is 14.5 Å². The summed E-state index contributed by atoms with van der Waals surface area (Å²) in [6.45, 7) is 23.0. The molecule has 0 spiro atoms. The number of nitrogens with one attached hydrogen (secondary N) is 3. The maximum atomic E-state index is 11.3. The van der Waals surface area contributed by atoms with Gasteiger partial charge >= 0.3 is 0 Å². The Bertz CT molecular complexity index is 3200. The van der Waals surface area contributed by atoms with Crippen LogP contribution in [0.3, 0.4) is 0 Å². The van der Waals surface area contributed by atoms with Gasteiger partial charge in [-0.1, -0.05) is 43.6 Å². The van der Waals surface area contributed by atoms with Crippen molar-refractivity contribution in [3.8, 4) is 22.5 Å². The number of carbonyl (C=O) groups excluding carboxylic acids is 2. The first-order valence-electron chi connectivity index (χ1n) is 24.5. The van der Waals surface area contributed by atoms with Crippen molar-refractivity contribution in [1.82, 2.24) is 49.4 Å². The van der Waals surface area contributed by atoms with E-state index >= 15 is 0 Å². The Labute approximate surface area is 419 Å². The molecule has 4 aliphatic rings. The van der Waals surface area contributed by atoms with E-state index in [0.29, 0.717) is 36.1 Å². The summed E-state index contributed by atoms with van der Waals surface area (Å²) in [4.78, 5) is 45.3. The Balaban J connectivity index is 0.000000147. The Kier molecular flexibility index (Phi) is 13.1. The van der Waals surface area contributed by atoms with Gasteiger partial charge in [0.05, 0.1) is 23.3 Å². The van der Waals surface area contributed by atoms with Crippen LogP contribution in [0.5, 0.6) is 0 Å². The number of hydrogen-bond acceptors (Lipinski definition) is 10. The number of carbonyl (C=O) groups is 2. The summed E-state index contributed by atoms with van der Waals surface area (Å²) in [5, 5.41) is 15.5. The molecule has 2 aliphatic carbocycles. The summed E-state index contributed by atoms with van der Waals surface area (Å²) in [6.07, 6.45) is 12.6. The standard InChI is InChI=1S/C26H32N6OS.C24H29N5S.C2H4BrNO/c1-13(2)21-22-15(4)24(16-6-17-8-31(11-20(27)33)9-18(17)7-16)34-26(22)30-23(21)19-5-14(3)25-28-12-29-32(25)10-19;1-12(2)19-20-14(4)22(15-6-16-8-25-9-17(16)7-15)30-24(20)28-21(19)18-5-13(3)23-26-11-27-29(23)10-18;3-1-2(4)5/h5,10,12-13,16-18,30H,6-9,11H2,1-4H3,(H2,27,33);5,10-12,15-17,25,28H,6-9H2,1-4H3;1H2,(H2,4,5)/t16?,17-,18+;15?,16-,17+;. The van der Waals surface area contributed by atoms with Crippen molar-refractivity contribution >= 4 is 82.1 Å². The fraction of sp³-hybridized carbons (Fsp3) is 0.500. The molecule has 69 heavy (non-hydrogen) atoms. The van der Waals surface area contributed by atoms with Gasteiger partial charge in [0.25, 0.3) is 0 Å². The topological polar surface area (TPSA) is 193 Å². The fourth-order valence-electron chi connectivity index (χ4n) is 12.7. The highest BCUT2D eigenvalue weighted by molar-refractivity contribution is 9.09. The predicted octanol–water partition coefficient (Wildman–Crippen LogP) is 9.85. The zero-order valence-corrected chi connectivity index (χ0v) is 44.2. The van der Waals surface area contributed by atoms with Crippen molar-refractivity contribution in [3.05, 3.63) is 80.3 Å². The number of halogens is 1. The van der Waals surface area contributed by atoms with Crippen LogP contribution >= 0.6 is 38.6 Å². The van der Waals surface area contributed by atoms with Gasteiger partial charge in [0, 0.05) is 57.1 Å². The van der Waals surface area contributed by atoms with Gasteiger partial charge in [0.15, 0.2) is 11.3 Å². The molecule has 10 heterocycles. The lowest BCUT2D eigenvalue weighted by Crippen LogP contribution is -2.32. The molecule has 8 aromatic rings. The van der Waals surface area contributed by atoms with Gasteiger partial charge < -0.3 is 26.8 Å². The average Bonchev–Trinajstić information content (AvgIpc) is 4.12. The molecule has 12 rings (SSSR count). The van der Waals surface area contributed by atoms with E-state index in [4.69, 9.17) is 5.73 Å². The number of aromatic nitrogens is 8. The SMILES string of the molecule is Cc1c(C2C[C@@H]3CN(CC(N)=O)C[C@@H]3C2)sc2[nH]c(-c3cc(C)c4ncnn4c3)c(C(C)C)c12.Cc1c(C2C[C@H]3CNC[C@H]3C2)sc2[nH]c(-c3cc(C)c4ncnn4c3)c(C(C)C)c12.NC(=O)CBr. The minimum absolute atomic E-state index is 0.213. The number of alkyl halides is 1. The number of amides is 2. The highest BCUT2D eigenvalue weighted by Gasteiger charge is 2.43. The second-order valence-corrected chi connectivity index (χ2v) is 23.6. The third-order valence-electron chi connectivity index (χ3n) is 15.5. The zero-order chi connectivity index (χ0) is 48.6. The molecule has 4 fully saturated rings. The third kappa shape index (κ3) is 8.84. The average molecular weight is 1030 g/mol. The predicted molar refractivity (Wildman–Crippen MR) is 283 cm³/mol. The van der Waals surface area contributed by atoms with E-state index in [2.05, 4.69) is 142 Å². The van der Waals surface area contributed by atoms with Crippen LogP contribution < -0.4 is 16.8 Å². The van der Waals surface area contributed by atoms with Gasteiger partial charge in [-0.25, -0.2) is 19.0 Å². The summed E-state index contributed by atoms with van der Waals surface area (Å²) in [6, 6.07) is 4.46. The van der Waals surface area contributed by atoms with Crippen LogP contribution in [0.4, 0.5) is 0 Å². The number of thiophene rings is 2. The highest BCUT2D eigenvalue weighted by atomic mass is 79.9. The molecular weight excluding hydrogens is 969 g/mol. The number of primary amides is 2. The number of aromatic amines is 2. The first kappa shape index (κ1) is 47.7. The lowest BCUT2D eigenvalue weighted by molar-refractivity contribution is -0.119. The normalized spacial score (nSPS) is 22.3. The maximum absolute atomic E-state index is 11.3. The van der Waals surface area contributed by atoms with Crippen molar-refractivity contribution in [3.63, 3.8) is 0 Å². The lowest BCUT2D eigenvalue weighted by Gasteiger charge is -2.17. The van der Waals surface area contributed by atoms with Crippen LogP contribution in [0.1, 0.15) is 120 Å². The Morgan fingerprint density at radius 1 is 0.696 bits per heavy atom. The zero-order valence-electron chi connectivity index (χ0n) is 41.0. The number of pyridine rings is 2. The van der Waals surface area contributed by atoms with E-state index in [-0.39, 0.29) is 17.1 Å². The highest BCUT2D eigenvalue weighted by Crippen LogP contribution is 2.53. The molecule has 2 unspecified atom stereocenters. The second kappa shape index (κ2) is 19.0. The number of nitrogens with zero attached hydrogens (tertiary/aromatic N) is 7. The van der Waals surface area contributed by atoms with Crippen molar-refractivity contribution < 1.29 is 9.59 Å². The van der Waals surface area contributed by atoms with Crippen LogP contribution in [-0.2, 0) is 9.59 Å². The third-order valence-corrected chi connectivity index (χ3v) is 18.8. The Morgan fingerprint density at radius 3 is 1.51 bits per heavy atom. The molecule has 17 heteroatoms. The number of aryl methyl sites for hydroxylation is 4. The first-order valence-corrected chi connectivity index (χ1v) is 27.3. The molecule has 6 atom stereocenters. The molecule has 8 aromatic heterocycles. The fourth-order valence-corrected chi connectivity index (χ4v) is 15.4. The van der Waals surface area contributed by atoms with Crippen LogP contribution in [-0.4, -0.2) is 93.9 Å². The molecule has 2 saturated carbocycles. The van der Waals surface area contributed by atoms with Crippen molar-refractivity contribution in [2.45, 2.75) is 105 Å².